The normalized spacial score (nSPS) is 13.4. The van der Waals surface area contributed by atoms with E-state index < -0.39 is 22.2 Å². The fraction of sp³-hybridized carbons (Fsp3) is 0.611. The summed E-state index contributed by atoms with van der Waals surface area (Å²) in [5.74, 6) is 0.325. The lowest BCUT2D eigenvalue weighted by Gasteiger charge is -2.28. The van der Waals surface area contributed by atoms with Gasteiger partial charge in [-0.3, -0.25) is 4.79 Å². The number of hydrogen-bond acceptors (Lipinski definition) is 6. The maximum absolute atomic E-state index is 12.5. The van der Waals surface area contributed by atoms with Gasteiger partial charge in [-0.1, -0.05) is 17.2 Å². The van der Waals surface area contributed by atoms with Crippen molar-refractivity contribution in [1.82, 2.24) is 4.72 Å². The second-order valence-corrected chi connectivity index (χ2v) is 8.78. The van der Waals surface area contributed by atoms with Gasteiger partial charge in [0.25, 0.3) is 0 Å². The Balaban J connectivity index is 2.78. The highest BCUT2D eigenvalue weighted by Gasteiger charge is 2.31. The van der Waals surface area contributed by atoms with Gasteiger partial charge in [0.05, 0.1) is 25.7 Å². The molecule has 0 heterocycles. The average molecular weight is 397 g/mol. The molecule has 0 saturated heterocycles. The van der Waals surface area contributed by atoms with Gasteiger partial charge in [0.15, 0.2) is 0 Å². The lowest BCUT2D eigenvalue weighted by Crippen LogP contribution is -2.41. The van der Waals surface area contributed by atoms with E-state index >= 15 is 0 Å². The molecule has 9 heteroatoms. The van der Waals surface area contributed by atoms with Gasteiger partial charge < -0.3 is 14.0 Å². The maximum Gasteiger partial charge on any atom is 0.307 e. The molecule has 0 amide bonds. The van der Waals surface area contributed by atoms with E-state index in [0.29, 0.717) is 31.9 Å². The molecule has 0 spiro atoms. The van der Waals surface area contributed by atoms with E-state index in [4.69, 9.17) is 15.0 Å². The number of carbonyl (C=O) groups is 1. The largest absolute Gasteiger partial charge is 0.598 e. The minimum Gasteiger partial charge on any atom is -0.598 e. The molecule has 0 aromatic heterocycles. The van der Waals surface area contributed by atoms with Crippen LogP contribution < -0.4 is 9.46 Å². The van der Waals surface area contributed by atoms with Crippen LogP contribution in [0.4, 0.5) is 0 Å². The van der Waals surface area contributed by atoms with Crippen molar-refractivity contribution in [3.63, 3.8) is 0 Å². The summed E-state index contributed by atoms with van der Waals surface area (Å²) in [6, 6.07) is 6.83. The molecule has 0 radical (unpaired) electrons. The Kier molecular flexibility index (Phi) is 10.0. The smallest absolute Gasteiger partial charge is 0.307 e. The van der Waals surface area contributed by atoms with Crippen molar-refractivity contribution >= 4 is 17.3 Å². The Morgan fingerprint density at radius 1 is 1.37 bits per heavy atom. The molecule has 2 atom stereocenters. The van der Waals surface area contributed by atoms with E-state index in [2.05, 4.69) is 14.7 Å². The van der Waals surface area contributed by atoms with Gasteiger partial charge in [-0.2, -0.15) is 0 Å². The van der Waals surface area contributed by atoms with Gasteiger partial charge in [-0.15, -0.1) is 4.72 Å². The quantitative estimate of drug-likeness (QED) is 0.152. The van der Waals surface area contributed by atoms with Crippen LogP contribution in [0.2, 0.25) is 0 Å². The van der Waals surface area contributed by atoms with Crippen LogP contribution >= 0.6 is 0 Å². The molecular formula is C18H28N4O4S. The molecular weight excluding hydrogens is 368 g/mol. The Morgan fingerprint density at radius 2 is 2.04 bits per heavy atom. The molecule has 0 aliphatic rings. The van der Waals surface area contributed by atoms with Crippen LogP contribution in [0.3, 0.4) is 0 Å². The van der Waals surface area contributed by atoms with Crippen LogP contribution in [-0.4, -0.2) is 35.0 Å². The summed E-state index contributed by atoms with van der Waals surface area (Å²) in [5.41, 5.74) is 9.05. The molecule has 0 bridgehead atoms. The van der Waals surface area contributed by atoms with Crippen molar-refractivity contribution in [3.05, 3.63) is 40.3 Å². The van der Waals surface area contributed by atoms with Crippen LogP contribution in [0, 0.1) is 0 Å². The Bertz CT molecular complexity index is 627. The number of hydrogen-bond donors (Lipinski definition) is 1. The van der Waals surface area contributed by atoms with E-state index in [1.807, 2.05) is 32.9 Å². The number of azide groups is 1. The number of nitrogens with zero attached hydrogens (tertiary/aromatic N) is 3. The first-order valence-corrected chi connectivity index (χ1v) is 10.00. The summed E-state index contributed by atoms with van der Waals surface area (Å²) in [4.78, 5) is 14.6. The topological polar surface area (TPSA) is 119 Å². The zero-order chi connectivity index (χ0) is 20.3. The molecule has 1 rings (SSSR count). The average Bonchev–Trinajstić information content (AvgIpc) is 2.61. The highest BCUT2D eigenvalue weighted by atomic mass is 32.2. The van der Waals surface area contributed by atoms with Gasteiger partial charge in [-0.25, -0.2) is 0 Å². The summed E-state index contributed by atoms with van der Waals surface area (Å²) in [6.07, 6.45) is 0.714. The first-order valence-electron chi connectivity index (χ1n) is 8.85. The lowest BCUT2D eigenvalue weighted by molar-refractivity contribution is -0.143. The molecule has 27 heavy (non-hydrogen) atoms. The SMILES string of the molecule is CCOC(=O)C[C@H](N[S@+]([O-])C(C)(C)C)c1ccc(OCCCN=[N+]=[N-])cc1. The summed E-state index contributed by atoms with van der Waals surface area (Å²) in [7, 11) is 0. The molecule has 1 N–H and O–H groups in total. The maximum atomic E-state index is 12.5. The number of ether oxygens (including phenoxy) is 2. The van der Waals surface area contributed by atoms with Gasteiger partial charge in [-0.05, 0) is 57.3 Å². The van der Waals surface area contributed by atoms with E-state index in [-0.39, 0.29) is 12.4 Å². The lowest BCUT2D eigenvalue weighted by atomic mass is 10.0. The van der Waals surface area contributed by atoms with Crippen molar-refractivity contribution in [2.75, 3.05) is 19.8 Å². The Hall–Kier alpha value is -1.93. The number of nitrogens with one attached hydrogen (secondary N) is 1. The molecule has 0 saturated carbocycles. The van der Waals surface area contributed by atoms with Crippen LogP contribution in [-0.2, 0) is 20.9 Å². The summed E-state index contributed by atoms with van der Waals surface area (Å²) < 4.78 is 25.7. The third-order valence-corrected chi connectivity index (χ3v) is 5.11. The Morgan fingerprint density at radius 3 is 2.59 bits per heavy atom. The first kappa shape index (κ1) is 23.1. The Labute approximate surface area is 163 Å². The molecule has 1 aromatic carbocycles. The number of carbonyl (C=O) groups excluding carboxylic acids is 1. The minimum atomic E-state index is -1.33. The van der Waals surface area contributed by atoms with Crippen molar-refractivity contribution in [2.24, 2.45) is 5.11 Å². The van der Waals surface area contributed by atoms with Crippen LogP contribution in [0.5, 0.6) is 5.75 Å². The van der Waals surface area contributed by atoms with E-state index in [9.17, 15) is 9.35 Å². The second kappa shape index (κ2) is 11.7. The van der Waals surface area contributed by atoms with Gasteiger partial charge >= 0.3 is 5.97 Å². The summed E-state index contributed by atoms with van der Waals surface area (Å²) in [5, 5.41) is 3.45. The molecule has 0 fully saturated rings. The van der Waals surface area contributed by atoms with Gasteiger partial charge in [0.2, 0.25) is 0 Å². The zero-order valence-electron chi connectivity index (χ0n) is 16.3. The first-order chi connectivity index (χ1) is 12.8. The number of benzene rings is 1. The molecule has 8 nitrogen and oxygen atoms in total. The molecule has 0 aliphatic heterocycles. The number of esters is 1. The highest BCUT2D eigenvalue weighted by Crippen LogP contribution is 2.25. The van der Waals surface area contributed by atoms with E-state index in [0.717, 1.165) is 5.56 Å². The van der Waals surface area contributed by atoms with Gasteiger partial charge in [0, 0.05) is 22.8 Å². The van der Waals surface area contributed by atoms with Crippen molar-refractivity contribution < 1.29 is 18.8 Å². The van der Waals surface area contributed by atoms with E-state index in [1.54, 1.807) is 19.1 Å². The van der Waals surface area contributed by atoms with Gasteiger partial charge in [0.1, 0.15) is 10.5 Å². The fourth-order valence-corrected chi connectivity index (χ4v) is 2.92. The fourth-order valence-electron chi connectivity index (χ4n) is 2.09. The highest BCUT2D eigenvalue weighted by molar-refractivity contribution is 7.90. The monoisotopic (exact) mass is 396 g/mol. The van der Waals surface area contributed by atoms with Crippen molar-refractivity contribution in [2.45, 2.75) is 51.3 Å². The minimum absolute atomic E-state index is 0.0853. The molecule has 150 valence electrons. The molecule has 0 aliphatic carbocycles. The standard InChI is InChI=1S/C18H28N4O4S/c1-5-25-17(23)13-16(21-27(24)18(2,3)4)14-7-9-15(10-8-14)26-12-6-11-20-22-19/h7-10,16,21H,5-6,11-13H2,1-4H3/t16-,27+/m0/s1. The van der Waals surface area contributed by atoms with Crippen molar-refractivity contribution in [3.8, 4) is 5.75 Å². The summed E-state index contributed by atoms with van der Waals surface area (Å²) in [6.45, 7) is 8.48. The van der Waals surface area contributed by atoms with Crippen LogP contribution in [0.1, 0.15) is 52.1 Å². The molecule has 0 unspecified atom stereocenters. The second-order valence-electron chi connectivity index (χ2n) is 6.79. The van der Waals surface area contributed by atoms with Crippen LogP contribution in [0.15, 0.2) is 29.4 Å². The predicted molar refractivity (Wildman–Crippen MR) is 106 cm³/mol. The predicted octanol–water partition coefficient (Wildman–Crippen LogP) is 3.81. The number of rotatable bonds is 11. The van der Waals surface area contributed by atoms with E-state index in [1.165, 1.54) is 0 Å². The third-order valence-electron chi connectivity index (χ3n) is 3.50. The van der Waals surface area contributed by atoms with Crippen LogP contribution in [0.25, 0.3) is 10.4 Å². The third kappa shape index (κ3) is 9.01. The van der Waals surface area contributed by atoms with Crippen molar-refractivity contribution in [1.29, 1.82) is 0 Å². The zero-order valence-corrected chi connectivity index (χ0v) is 17.1. The summed E-state index contributed by atoms with van der Waals surface area (Å²) >= 11 is -1.33. The molecule has 1 aromatic rings.